The van der Waals surface area contributed by atoms with E-state index in [-0.39, 0.29) is 0 Å². The van der Waals surface area contributed by atoms with E-state index >= 15 is 0 Å². The van der Waals surface area contributed by atoms with Crippen LogP contribution < -0.4 is 0 Å². The number of benzene rings is 1. The van der Waals surface area contributed by atoms with Gasteiger partial charge in [-0.15, -0.1) is 11.6 Å². The van der Waals surface area contributed by atoms with E-state index in [1.54, 1.807) is 0 Å². The average molecular weight is 209 g/mol. The highest BCUT2D eigenvalue weighted by molar-refractivity contribution is 6.19. The normalized spacial score (nSPS) is 11.9. The summed E-state index contributed by atoms with van der Waals surface area (Å²) in [5, 5.41) is 0. The fourth-order valence-electron chi connectivity index (χ4n) is 1.33. The molecule has 0 amide bonds. The van der Waals surface area contributed by atoms with Crippen molar-refractivity contribution in [3.8, 4) is 0 Å². The lowest BCUT2D eigenvalue weighted by atomic mass is 10.0. The molecule has 1 heteroatoms. The molecule has 0 saturated carbocycles. The highest BCUT2D eigenvalue weighted by Crippen LogP contribution is 2.15. The molecule has 0 saturated heterocycles. The van der Waals surface area contributed by atoms with Gasteiger partial charge in [-0.1, -0.05) is 36.8 Å². The summed E-state index contributed by atoms with van der Waals surface area (Å²) in [4.78, 5) is 0. The molecule has 0 spiro atoms. The third-order valence-corrected chi connectivity index (χ3v) is 2.87. The summed E-state index contributed by atoms with van der Waals surface area (Å²) in [5.74, 6) is 0.628. The Morgan fingerprint density at radius 2 is 2.00 bits per heavy atom. The molecule has 0 bridgehead atoms. The molecule has 0 aliphatic carbocycles. The third-order valence-electron chi connectivity index (χ3n) is 2.53. The maximum Gasteiger partial charge on any atom is 0.0436 e. The van der Waals surface area contributed by atoms with Gasteiger partial charge < -0.3 is 0 Å². The molecule has 76 valence electrons. The number of rotatable bonds is 3. The van der Waals surface area contributed by atoms with Crippen molar-refractivity contribution < 1.29 is 0 Å². The van der Waals surface area contributed by atoms with E-state index in [9.17, 15) is 0 Å². The Morgan fingerprint density at radius 1 is 1.29 bits per heavy atom. The smallest absolute Gasteiger partial charge is 0.0436 e. The zero-order valence-corrected chi connectivity index (χ0v) is 9.86. The van der Waals surface area contributed by atoms with Crippen molar-refractivity contribution >= 4 is 17.7 Å². The van der Waals surface area contributed by atoms with Gasteiger partial charge in [-0.25, -0.2) is 0 Å². The van der Waals surface area contributed by atoms with Crippen molar-refractivity contribution in [3.05, 3.63) is 40.5 Å². The van der Waals surface area contributed by atoms with Crippen LogP contribution >= 0.6 is 11.6 Å². The van der Waals surface area contributed by atoms with E-state index < -0.39 is 0 Å². The van der Waals surface area contributed by atoms with Crippen LogP contribution in [0.5, 0.6) is 0 Å². The molecule has 0 nitrogen and oxygen atoms in total. The number of hydrogen-bond acceptors (Lipinski definition) is 0. The standard InChI is InChI=1S/C13H17Cl/c1-4-12(9-14)8-13-6-5-10(2)11(3)7-13/h5-8H,4,9H2,1-3H3/b12-8-. The number of alkyl halides is 1. The highest BCUT2D eigenvalue weighted by Gasteiger charge is 1.96. The van der Waals surface area contributed by atoms with Crippen molar-refractivity contribution in [1.82, 2.24) is 0 Å². The minimum atomic E-state index is 0.628. The fourth-order valence-corrected chi connectivity index (χ4v) is 1.59. The first-order chi connectivity index (χ1) is 6.67. The van der Waals surface area contributed by atoms with Crippen molar-refractivity contribution in [3.63, 3.8) is 0 Å². The summed E-state index contributed by atoms with van der Waals surface area (Å²) >= 11 is 5.82. The highest BCUT2D eigenvalue weighted by atomic mass is 35.5. The van der Waals surface area contributed by atoms with Crippen molar-refractivity contribution in [2.75, 3.05) is 5.88 Å². The van der Waals surface area contributed by atoms with Gasteiger partial charge in [-0.2, -0.15) is 0 Å². The van der Waals surface area contributed by atoms with E-state index in [0.29, 0.717) is 5.88 Å². The third kappa shape index (κ3) is 2.88. The predicted molar refractivity (Wildman–Crippen MR) is 64.9 cm³/mol. The molecule has 0 fully saturated rings. The van der Waals surface area contributed by atoms with E-state index in [2.05, 4.69) is 45.0 Å². The molecule has 0 unspecified atom stereocenters. The van der Waals surface area contributed by atoms with Crippen LogP contribution in [0.2, 0.25) is 0 Å². The summed E-state index contributed by atoms with van der Waals surface area (Å²) in [6.45, 7) is 6.40. The SMILES string of the molecule is CC/C(=C/c1ccc(C)c(C)c1)CCl. The van der Waals surface area contributed by atoms with Gasteiger partial charge in [-0.05, 0) is 37.0 Å². The van der Waals surface area contributed by atoms with Gasteiger partial charge >= 0.3 is 0 Å². The lowest BCUT2D eigenvalue weighted by Gasteiger charge is -2.03. The van der Waals surface area contributed by atoms with Gasteiger partial charge in [0.05, 0.1) is 0 Å². The van der Waals surface area contributed by atoms with Crippen LogP contribution in [0.25, 0.3) is 6.08 Å². The molecule has 14 heavy (non-hydrogen) atoms. The fraction of sp³-hybridized carbons (Fsp3) is 0.385. The molecule has 0 aromatic heterocycles. The van der Waals surface area contributed by atoms with Crippen LogP contribution in [0.3, 0.4) is 0 Å². The molecule has 0 aliphatic heterocycles. The van der Waals surface area contributed by atoms with Crippen molar-refractivity contribution in [1.29, 1.82) is 0 Å². The molecular weight excluding hydrogens is 192 g/mol. The van der Waals surface area contributed by atoms with Crippen LogP contribution in [0.1, 0.15) is 30.0 Å². The van der Waals surface area contributed by atoms with Crippen LogP contribution in [0.4, 0.5) is 0 Å². The molecule has 0 heterocycles. The summed E-state index contributed by atoms with van der Waals surface area (Å²) in [6.07, 6.45) is 3.20. The van der Waals surface area contributed by atoms with Gasteiger partial charge in [0, 0.05) is 5.88 Å². The molecule has 0 N–H and O–H groups in total. The number of hydrogen-bond donors (Lipinski definition) is 0. The second-order valence-electron chi connectivity index (χ2n) is 3.63. The van der Waals surface area contributed by atoms with Gasteiger partial charge in [-0.3, -0.25) is 0 Å². The Bertz CT molecular complexity index is 331. The Kier molecular flexibility index (Phi) is 4.21. The largest absolute Gasteiger partial charge is 0.122 e. The molecule has 0 atom stereocenters. The summed E-state index contributed by atoms with van der Waals surface area (Å²) < 4.78 is 0. The quantitative estimate of drug-likeness (QED) is 0.649. The Morgan fingerprint density at radius 3 is 2.50 bits per heavy atom. The van der Waals surface area contributed by atoms with Crippen LogP contribution in [-0.4, -0.2) is 5.88 Å². The first kappa shape index (κ1) is 11.3. The van der Waals surface area contributed by atoms with Gasteiger partial charge in [0.1, 0.15) is 0 Å². The number of allylic oxidation sites excluding steroid dienone is 1. The number of halogens is 1. The molecular formula is C13H17Cl. The molecule has 1 aromatic carbocycles. The lowest BCUT2D eigenvalue weighted by Crippen LogP contribution is -1.85. The maximum atomic E-state index is 5.82. The van der Waals surface area contributed by atoms with E-state index in [0.717, 1.165) is 6.42 Å². The Hall–Kier alpha value is -0.750. The monoisotopic (exact) mass is 208 g/mol. The average Bonchev–Trinajstić information content (AvgIpc) is 2.19. The maximum absolute atomic E-state index is 5.82. The molecule has 0 aliphatic rings. The topological polar surface area (TPSA) is 0 Å². The molecule has 1 aromatic rings. The predicted octanol–water partition coefficient (Wildman–Crippen LogP) is 4.34. The molecule has 1 rings (SSSR count). The van der Waals surface area contributed by atoms with E-state index in [4.69, 9.17) is 11.6 Å². The Balaban J connectivity index is 2.97. The van der Waals surface area contributed by atoms with Gasteiger partial charge in [0.15, 0.2) is 0 Å². The van der Waals surface area contributed by atoms with Crippen LogP contribution in [-0.2, 0) is 0 Å². The second-order valence-corrected chi connectivity index (χ2v) is 3.90. The van der Waals surface area contributed by atoms with Crippen LogP contribution in [0, 0.1) is 13.8 Å². The summed E-state index contributed by atoms with van der Waals surface area (Å²) in [6, 6.07) is 6.50. The van der Waals surface area contributed by atoms with E-state index in [1.807, 2.05) is 0 Å². The summed E-state index contributed by atoms with van der Waals surface area (Å²) in [7, 11) is 0. The molecule has 0 radical (unpaired) electrons. The zero-order chi connectivity index (χ0) is 10.6. The lowest BCUT2D eigenvalue weighted by molar-refractivity contribution is 1.12. The minimum absolute atomic E-state index is 0.628. The second kappa shape index (κ2) is 5.21. The Labute approximate surface area is 91.6 Å². The van der Waals surface area contributed by atoms with Crippen molar-refractivity contribution in [2.24, 2.45) is 0 Å². The minimum Gasteiger partial charge on any atom is -0.122 e. The first-order valence-electron chi connectivity index (χ1n) is 5.00. The van der Waals surface area contributed by atoms with Gasteiger partial charge in [0.25, 0.3) is 0 Å². The summed E-state index contributed by atoms with van der Waals surface area (Å²) in [5.41, 5.74) is 5.22. The van der Waals surface area contributed by atoms with Crippen molar-refractivity contribution in [2.45, 2.75) is 27.2 Å². The van der Waals surface area contributed by atoms with Crippen LogP contribution in [0.15, 0.2) is 23.8 Å². The first-order valence-corrected chi connectivity index (χ1v) is 5.53. The zero-order valence-electron chi connectivity index (χ0n) is 9.10. The van der Waals surface area contributed by atoms with Gasteiger partial charge in [0.2, 0.25) is 0 Å². The number of aryl methyl sites for hydroxylation is 2. The van der Waals surface area contributed by atoms with E-state index in [1.165, 1.54) is 22.3 Å².